The molecule has 7 heteroatoms. The summed E-state index contributed by atoms with van der Waals surface area (Å²) in [7, 11) is 2.02. The van der Waals surface area contributed by atoms with E-state index in [2.05, 4.69) is 27.5 Å². The molecule has 2 heterocycles. The molecule has 156 valence electrons. The first-order valence-electron chi connectivity index (χ1n) is 10.4. The van der Waals surface area contributed by atoms with Crippen LogP contribution in [0.5, 0.6) is 0 Å². The number of hydrogen-bond donors (Lipinski definition) is 1. The maximum atomic E-state index is 12.8. The van der Waals surface area contributed by atoms with Crippen molar-refractivity contribution >= 4 is 23.2 Å². The molecule has 1 aliphatic heterocycles. The Hall–Kier alpha value is -2.41. The summed E-state index contributed by atoms with van der Waals surface area (Å²) in [6.45, 7) is 7.86. The highest BCUT2D eigenvalue weighted by atomic mass is 32.1. The lowest BCUT2D eigenvalue weighted by atomic mass is 10.1. The highest BCUT2D eigenvalue weighted by Crippen LogP contribution is 2.15. The number of carbonyl (C=O) groups excluding carboxylic acids is 1. The van der Waals surface area contributed by atoms with Crippen molar-refractivity contribution in [2.24, 2.45) is 4.99 Å². The molecule has 1 amide bonds. The Labute approximate surface area is 177 Å². The minimum atomic E-state index is 0.137. The SMILES string of the molecule is CCNC(=NCc1cccc(C(=O)N2CCCCC2)c1)N(C)Cc1csc(C)n1. The van der Waals surface area contributed by atoms with Crippen LogP contribution in [0.25, 0.3) is 0 Å². The topological polar surface area (TPSA) is 60.8 Å². The predicted molar refractivity (Wildman–Crippen MR) is 119 cm³/mol. The van der Waals surface area contributed by atoms with Crippen molar-refractivity contribution in [3.05, 3.63) is 51.5 Å². The van der Waals surface area contributed by atoms with Gasteiger partial charge in [0.2, 0.25) is 0 Å². The van der Waals surface area contributed by atoms with Gasteiger partial charge in [-0.25, -0.2) is 9.98 Å². The van der Waals surface area contributed by atoms with Gasteiger partial charge in [0.15, 0.2) is 5.96 Å². The molecule has 1 aromatic heterocycles. The normalized spacial score (nSPS) is 14.7. The fourth-order valence-electron chi connectivity index (χ4n) is 3.52. The van der Waals surface area contributed by atoms with Crippen molar-refractivity contribution in [1.82, 2.24) is 20.1 Å². The zero-order valence-corrected chi connectivity index (χ0v) is 18.5. The van der Waals surface area contributed by atoms with Crippen molar-refractivity contribution < 1.29 is 4.79 Å². The minimum Gasteiger partial charge on any atom is -0.357 e. The van der Waals surface area contributed by atoms with Gasteiger partial charge in [0.05, 0.1) is 23.8 Å². The summed E-state index contributed by atoms with van der Waals surface area (Å²) in [4.78, 5) is 26.1. The van der Waals surface area contributed by atoms with Gasteiger partial charge in [0.25, 0.3) is 5.91 Å². The zero-order chi connectivity index (χ0) is 20.6. The number of hydrogen-bond acceptors (Lipinski definition) is 4. The molecule has 0 saturated carbocycles. The molecule has 1 saturated heterocycles. The van der Waals surface area contributed by atoms with E-state index < -0.39 is 0 Å². The molecule has 0 unspecified atom stereocenters. The van der Waals surface area contributed by atoms with Crippen LogP contribution >= 0.6 is 11.3 Å². The van der Waals surface area contributed by atoms with Crippen molar-refractivity contribution in [1.29, 1.82) is 0 Å². The molecular formula is C22H31N5OS. The summed E-state index contributed by atoms with van der Waals surface area (Å²) in [5, 5.41) is 6.51. The van der Waals surface area contributed by atoms with Crippen molar-refractivity contribution in [2.75, 3.05) is 26.7 Å². The number of benzene rings is 1. The molecule has 1 aromatic carbocycles. The molecule has 29 heavy (non-hydrogen) atoms. The lowest BCUT2D eigenvalue weighted by molar-refractivity contribution is 0.0724. The van der Waals surface area contributed by atoms with E-state index in [1.54, 1.807) is 11.3 Å². The van der Waals surface area contributed by atoms with Gasteiger partial charge < -0.3 is 15.1 Å². The van der Waals surface area contributed by atoms with Gasteiger partial charge in [-0.2, -0.15) is 0 Å². The first-order chi connectivity index (χ1) is 14.1. The van der Waals surface area contributed by atoms with E-state index in [-0.39, 0.29) is 5.91 Å². The minimum absolute atomic E-state index is 0.137. The van der Waals surface area contributed by atoms with Crippen LogP contribution in [0.2, 0.25) is 0 Å². The smallest absolute Gasteiger partial charge is 0.253 e. The number of piperidine rings is 1. The number of aromatic nitrogens is 1. The van der Waals surface area contributed by atoms with E-state index in [9.17, 15) is 4.79 Å². The van der Waals surface area contributed by atoms with Crippen LogP contribution in [0.3, 0.4) is 0 Å². The fourth-order valence-corrected chi connectivity index (χ4v) is 4.12. The lowest BCUT2D eigenvalue weighted by Crippen LogP contribution is -2.38. The summed E-state index contributed by atoms with van der Waals surface area (Å²) in [6.07, 6.45) is 3.43. The van der Waals surface area contributed by atoms with E-state index in [1.165, 1.54) is 6.42 Å². The maximum absolute atomic E-state index is 12.8. The van der Waals surface area contributed by atoms with Crippen molar-refractivity contribution in [2.45, 2.75) is 46.2 Å². The maximum Gasteiger partial charge on any atom is 0.253 e. The Morgan fingerprint density at radius 3 is 2.79 bits per heavy atom. The molecule has 0 atom stereocenters. The predicted octanol–water partition coefficient (Wildman–Crippen LogP) is 3.68. The lowest BCUT2D eigenvalue weighted by Gasteiger charge is -2.26. The first kappa shape index (κ1) is 21.3. The largest absolute Gasteiger partial charge is 0.357 e. The summed E-state index contributed by atoms with van der Waals surface area (Å²) < 4.78 is 0. The highest BCUT2D eigenvalue weighted by molar-refractivity contribution is 7.09. The Morgan fingerprint density at radius 2 is 2.10 bits per heavy atom. The number of aliphatic imine (C=N–C) groups is 1. The Balaban J connectivity index is 1.67. The van der Waals surface area contributed by atoms with Crippen LogP contribution in [0, 0.1) is 6.92 Å². The molecule has 1 fully saturated rings. The van der Waals surface area contributed by atoms with Crippen molar-refractivity contribution in [3.63, 3.8) is 0 Å². The third-order valence-corrected chi connectivity index (χ3v) is 5.81. The number of thiazole rings is 1. The quantitative estimate of drug-likeness (QED) is 0.580. The second-order valence-corrected chi connectivity index (χ2v) is 8.50. The second-order valence-electron chi connectivity index (χ2n) is 7.44. The Morgan fingerprint density at radius 1 is 1.31 bits per heavy atom. The Bertz CT molecular complexity index is 841. The molecule has 6 nitrogen and oxygen atoms in total. The summed E-state index contributed by atoms with van der Waals surface area (Å²) in [5.74, 6) is 0.976. The third-order valence-electron chi connectivity index (χ3n) is 4.99. The molecule has 0 spiro atoms. The monoisotopic (exact) mass is 413 g/mol. The van der Waals surface area contributed by atoms with Gasteiger partial charge in [-0.1, -0.05) is 12.1 Å². The van der Waals surface area contributed by atoms with Gasteiger partial charge in [0.1, 0.15) is 0 Å². The van der Waals surface area contributed by atoms with Gasteiger partial charge in [-0.15, -0.1) is 11.3 Å². The molecule has 0 radical (unpaired) electrons. The zero-order valence-electron chi connectivity index (χ0n) is 17.6. The Kier molecular flexibility index (Phi) is 7.63. The molecule has 3 rings (SSSR count). The number of nitrogens with zero attached hydrogens (tertiary/aromatic N) is 4. The molecule has 1 N–H and O–H groups in total. The number of rotatable bonds is 6. The van der Waals surface area contributed by atoms with Crippen molar-refractivity contribution in [3.8, 4) is 0 Å². The van der Waals surface area contributed by atoms with Crippen LogP contribution in [0.15, 0.2) is 34.6 Å². The molecule has 0 aliphatic carbocycles. The van der Waals surface area contributed by atoms with Crippen LogP contribution in [-0.4, -0.2) is 53.3 Å². The number of aryl methyl sites for hydroxylation is 1. The molecule has 0 bridgehead atoms. The van der Waals surface area contributed by atoms with Crippen LogP contribution in [0.1, 0.15) is 52.8 Å². The van der Waals surface area contributed by atoms with E-state index in [0.717, 1.165) is 60.3 Å². The third kappa shape index (κ3) is 6.03. The average Bonchev–Trinajstić information content (AvgIpc) is 3.15. The first-order valence-corrected chi connectivity index (χ1v) is 11.2. The van der Waals surface area contributed by atoms with Crippen LogP contribution in [-0.2, 0) is 13.1 Å². The van der Waals surface area contributed by atoms with E-state index in [0.29, 0.717) is 13.1 Å². The van der Waals surface area contributed by atoms with E-state index in [4.69, 9.17) is 4.99 Å². The average molecular weight is 414 g/mol. The molecule has 2 aromatic rings. The number of carbonyl (C=O) groups is 1. The van der Waals surface area contributed by atoms with Crippen LogP contribution < -0.4 is 5.32 Å². The number of guanidine groups is 1. The standard InChI is InChI=1S/C22H31N5OS/c1-4-23-22(26(3)15-20-16-29-17(2)25-20)24-14-18-9-8-10-19(13-18)21(28)27-11-6-5-7-12-27/h8-10,13,16H,4-7,11-12,14-15H2,1-3H3,(H,23,24). The summed E-state index contributed by atoms with van der Waals surface area (Å²) in [6, 6.07) is 7.88. The van der Waals surface area contributed by atoms with E-state index >= 15 is 0 Å². The van der Waals surface area contributed by atoms with Crippen LogP contribution in [0.4, 0.5) is 0 Å². The van der Waals surface area contributed by atoms with Gasteiger partial charge in [-0.3, -0.25) is 4.79 Å². The second kappa shape index (κ2) is 10.4. The fraction of sp³-hybridized carbons (Fsp3) is 0.500. The van der Waals surface area contributed by atoms with Gasteiger partial charge in [0, 0.05) is 37.6 Å². The highest BCUT2D eigenvalue weighted by Gasteiger charge is 2.18. The number of likely N-dealkylation sites (tertiary alicyclic amines) is 1. The van der Waals surface area contributed by atoms with Gasteiger partial charge >= 0.3 is 0 Å². The summed E-state index contributed by atoms with van der Waals surface area (Å²) in [5.41, 5.74) is 2.85. The number of amides is 1. The summed E-state index contributed by atoms with van der Waals surface area (Å²) >= 11 is 1.66. The number of nitrogens with one attached hydrogen (secondary N) is 1. The van der Waals surface area contributed by atoms with E-state index in [1.807, 2.05) is 43.1 Å². The molecular weight excluding hydrogens is 382 g/mol. The van der Waals surface area contributed by atoms with Gasteiger partial charge in [-0.05, 0) is 50.8 Å². The molecule has 1 aliphatic rings.